The van der Waals surface area contributed by atoms with Crippen LogP contribution in [0.3, 0.4) is 0 Å². The van der Waals surface area contributed by atoms with Crippen molar-refractivity contribution >= 4 is 15.7 Å². The molecule has 0 spiro atoms. The Kier molecular flexibility index (Phi) is 6.40. The Hall–Kier alpha value is -1.36. The van der Waals surface area contributed by atoms with Crippen LogP contribution in [-0.2, 0) is 9.84 Å². The summed E-state index contributed by atoms with van der Waals surface area (Å²) in [6.07, 6.45) is 4.07. The van der Waals surface area contributed by atoms with Crippen LogP contribution in [0.5, 0.6) is 0 Å². The summed E-state index contributed by atoms with van der Waals surface area (Å²) in [7, 11) is -3.23. The van der Waals surface area contributed by atoms with Crippen molar-refractivity contribution in [2.45, 2.75) is 51.0 Å². The molecule has 1 rings (SSSR count). The summed E-state index contributed by atoms with van der Waals surface area (Å²) in [4.78, 5) is 14.7. The molecule has 5 heteroatoms. The minimum Gasteiger partial charge on any atom is -0.336 e. The number of hydrogen-bond donors (Lipinski definition) is 0. The van der Waals surface area contributed by atoms with Gasteiger partial charge in [-0.3, -0.25) is 4.79 Å². The van der Waals surface area contributed by atoms with Gasteiger partial charge in [-0.2, -0.15) is 0 Å². The van der Waals surface area contributed by atoms with E-state index in [2.05, 4.69) is 13.8 Å². The fourth-order valence-corrected chi connectivity index (χ4v) is 2.71. The molecule has 1 aromatic rings. The van der Waals surface area contributed by atoms with Crippen LogP contribution >= 0.6 is 0 Å². The van der Waals surface area contributed by atoms with Crippen LogP contribution in [-0.4, -0.2) is 38.1 Å². The van der Waals surface area contributed by atoms with E-state index in [4.69, 9.17) is 0 Å². The highest BCUT2D eigenvalue weighted by molar-refractivity contribution is 7.90. The predicted octanol–water partition coefficient (Wildman–Crippen LogP) is 3.13. The fourth-order valence-electron chi connectivity index (χ4n) is 2.08. The maximum absolute atomic E-state index is 12.6. The molecule has 0 N–H and O–H groups in total. The number of carbonyl (C=O) groups is 1. The zero-order valence-electron chi connectivity index (χ0n) is 13.3. The lowest BCUT2D eigenvalue weighted by atomic mass is 10.1. The zero-order chi connectivity index (χ0) is 16.0. The number of hydrogen-bond acceptors (Lipinski definition) is 3. The first-order valence-electron chi connectivity index (χ1n) is 7.42. The second kappa shape index (κ2) is 7.59. The van der Waals surface area contributed by atoms with Gasteiger partial charge in [0.25, 0.3) is 5.91 Å². The van der Waals surface area contributed by atoms with Gasteiger partial charge in [0.05, 0.1) is 4.90 Å². The summed E-state index contributed by atoms with van der Waals surface area (Å²) in [5.74, 6) is -0.0298. The fraction of sp³-hybridized carbons (Fsp3) is 0.562. The van der Waals surface area contributed by atoms with Crippen molar-refractivity contribution in [3.05, 3.63) is 29.8 Å². The van der Waals surface area contributed by atoms with Gasteiger partial charge in [0, 0.05) is 24.4 Å². The first-order valence-corrected chi connectivity index (χ1v) is 9.31. The molecular formula is C16H25NO3S. The van der Waals surface area contributed by atoms with Crippen molar-refractivity contribution in [3.8, 4) is 0 Å². The average molecular weight is 311 g/mol. The average Bonchev–Trinajstić information content (AvgIpc) is 2.46. The molecule has 21 heavy (non-hydrogen) atoms. The van der Waals surface area contributed by atoms with Crippen molar-refractivity contribution in [2.75, 3.05) is 12.8 Å². The van der Waals surface area contributed by atoms with Crippen LogP contribution in [0.4, 0.5) is 0 Å². The van der Waals surface area contributed by atoms with E-state index >= 15 is 0 Å². The third kappa shape index (κ3) is 4.84. The van der Waals surface area contributed by atoms with E-state index in [-0.39, 0.29) is 16.8 Å². The van der Waals surface area contributed by atoms with Crippen molar-refractivity contribution in [1.82, 2.24) is 4.90 Å². The molecule has 0 aliphatic carbocycles. The first-order chi connectivity index (χ1) is 9.81. The number of sulfone groups is 1. The quantitative estimate of drug-likeness (QED) is 0.777. The van der Waals surface area contributed by atoms with E-state index in [1.165, 1.54) is 12.1 Å². The lowest BCUT2D eigenvalue weighted by Crippen LogP contribution is -2.39. The minimum absolute atomic E-state index is 0.0298. The highest BCUT2D eigenvalue weighted by Gasteiger charge is 2.20. The van der Waals surface area contributed by atoms with Gasteiger partial charge < -0.3 is 4.90 Å². The molecule has 0 fully saturated rings. The molecule has 0 aliphatic heterocycles. The third-order valence-electron chi connectivity index (χ3n) is 3.67. The first kappa shape index (κ1) is 17.7. The van der Waals surface area contributed by atoms with E-state index in [9.17, 15) is 13.2 Å². The summed E-state index contributed by atoms with van der Waals surface area (Å²) >= 11 is 0. The maximum Gasteiger partial charge on any atom is 0.254 e. The molecule has 0 aliphatic rings. The molecule has 4 nitrogen and oxygen atoms in total. The van der Waals surface area contributed by atoms with Gasteiger partial charge in [0.15, 0.2) is 9.84 Å². The van der Waals surface area contributed by atoms with Gasteiger partial charge in [0.2, 0.25) is 0 Å². The van der Waals surface area contributed by atoms with E-state index in [1.54, 1.807) is 12.1 Å². The lowest BCUT2D eigenvalue weighted by molar-refractivity contribution is 0.0685. The number of carbonyl (C=O) groups excluding carboxylic acids is 1. The Labute approximate surface area is 128 Å². The second-order valence-corrected chi connectivity index (χ2v) is 7.42. The van der Waals surface area contributed by atoms with Gasteiger partial charge in [-0.1, -0.05) is 20.3 Å². The Bertz CT molecular complexity index is 564. The summed E-state index contributed by atoms with van der Waals surface area (Å²) in [6, 6.07) is 6.37. The zero-order valence-corrected chi connectivity index (χ0v) is 14.1. The molecule has 1 atom stereocenters. The highest BCUT2D eigenvalue weighted by atomic mass is 32.2. The molecule has 118 valence electrons. The van der Waals surface area contributed by atoms with Gasteiger partial charge in [0.1, 0.15) is 0 Å². The Morgan fingerprint density at radius 2 is 1.76 bits per heavy atom. The summed E-state index contributed by atoms with van der Waals surface area (Å²) < 4.78 is 22.9. The summed E-state index contributed by atoms with van der Waals surface area (Å²) in [5.41, 5.74) is 0.541. The normalized spacial score (nSPS) is 13.0. The molecule has 0 bridgehead atoms. The second-order valence-electron chi connectivity index (χ2n) is 5.41. The van der Waals surface area contributed by atoms with E-state index < -0.39 is 9.84 Å². The smallest absolute Gasteiger partial charge is 0.254 e. The van der Waals surface area contributed by atoms with Crippen molar-refractivity contribution in [2.24, 2.45) is 0 Å². The molecular weight excluding hydrogens is 286 g/mol. The minimum atomic E-state index is -3.23. The van der Waals surface area contributed by atoms with E-state index in [1.807, 2.05) is 11.8 Å². The Morgan fingerprint density at radius 3 is 2.19 bits per heavy atom. The van der Waals surface area contributed by atoms with Crippen LogP contribution in [0.1, 0.15) is 50.4 Å². The maximum atomic E-state index is 12.6. The lowest BCUT2D eigenvalue weighted by Gasteiger charge is -2.28. The number of unbranched alkanes of at least 4 members (excludes halogenated alkanes) is 1. The number of benzene rings is 1. The topological polar surface area (TPSA) is 54.5 Å². The van der Waals surface area contributed by atoms with Crippen LogP contribution < -0.4 is 0 Å². The van der Waals surface area contributed by atoms with Crippen LogP contribution in [0.25, 0.3) is 0 Å². The van der Waals surface area contributed by atoms with Gasteiger partial charge in [-0.15, -0.1) is 0 Å². The van der Waals surface area contributed by atoms with E-state index in [0.29, 0.717) is 5.56 Å². The summed E-state index contributed by atoms with van der Waals surface area (Å²) in [5, 5.41) is 0. The molecule has 0 unspecified atom stereocenters. The van der Waals surface area contributed by atoms with E-state index in [0.717, 1.165) is 32.1 Å². The molecule has 0 heterocycles. The van der Waals surface area contributed by atoms with Crippen LogP contribution in [0.2, 0.25) is 0 Å². The molecule has 0 radical (unpaired) electrons. The van der Waals surface area contributed by atoms with Gasteiger partial charge in [-0.05, 0) is 44.0 Å². The third-order valence-corrected chi connectivity index (χ3v) is 4.79. The van der Waals surface area contributed by atoms with Crippen LogP contribution in [0.15, 0.2) is 29.2 Å². The largest absolute Gasteiger partial charge is 0.336 e. The summed E-state index contributed by atoms with van der Waals surface area (Å²) in [6.45, 7) is 6.93. The van der Waals surface area contributed by atoms with Gasteiger partial charge >= 0.3 is 0 Å². The monoisotopic (exact) mass is 311 g/mol. The van der Waals surface area contributed by atoms with Crippen LogP contribution in [0, 0.1) is 0 Å². The molecule has 1 amide bonds. The molecule has 0 aromatic heterocycles. The highest BCUT2D eigenvalue weighted by Crippen LogP contribution is 2.15. The number of nitrogens with zero attached hydrogens (tertiary/aromatic N) is 1. The Morgan fingerprint density at radius 1 is 1.19 bits per heavy atom. The standard InChI is InChI=1S/C16H25NO3S/c1-5-7-12-17(13(3)6-2)16(18)14-8-10-15(11-9-14)21(4,19)20/h8-11,13H,5-7,12H2,1-4H3/t13-/m0/s1. The SMILES string of the molecule is CCCCN(C(=O)c1ccc(S(C)(=O)=O)cc1)[C@@H](C)CC. The number of amides is 1. The molecule has 1 aromatic carbocycles. The van der Waals surface area contributed by atoms with Crippen molar-refractivity contribution < 1.29 is 13.2 Å². The molecule has 0 saturated heterocycles. The number of rotatable bonds is 7. The van der Waals surface area contributed by atoms with Crippen molar-refractivity contribution in [3.63, 3.8) is 0 Å². The Balaban J connectivity index is 2.98. The van der Waals surface area contributed by atoms with Crippen molar-refractivity contribution in [1.29, 1.82) is 0 Å². The predicted molar refractivity (Wildman–Crippen MR) is 85.2 cm³/mol. The van der Waals surface area contributed by atoms with Gasteiger partial charge in [-0.25, -0.2) is 8.42 Å². The molecule has 0 saturated carbocycles.